The third-order valence-electron chi connectivity index (χ3n) is 3.82. The van der Waals surface area contributed by atoms with Gasteiger partial charge in [-0.25, -0.2) is 0 Å². The summed E-state index contributed by atoms with van der Waals surface area (Å²) in [6, 6.07) is 4.35. The topological polar surface area (TPSA) is 84.3 Å². The molecule has 1 aromatic carbocycles. The molecule has 2 N–H and O–H groups in total. The van der Waals surface area contributed by atoms with Gasteiger partial charge in [-0.2, -0.15) is 0 Å². The first-order valence-electron chi connectivity index (χ1n) is 7.33. The smallest absolute Gasteiger partial charge is 0.270 e. The minimum absolute atomic E-state index is 0.0676. The molecule has 1 fully saturated rings. The number of hydrogen-bond donors (Lipinski definition) is 2. The second kappa shape index (κ2) is 6.56. The Morgan fingerprint density at radius 1 is 1.48 bits per heavy atom. The number of nitrogens with one attached hydrogen (secondary N) is 2. The van der Waals surface area contributed by atoms with Gasteiger partial charge in [-0.15, -0.1) is 0 Å². The fourth-order valence-corrected chi connectivity index (χ4v) is 2.25. The van der Waals surface area contributed by atoms with Crippen LogP contribution < -0.4 is 10.6 Å². The van der Waals surface area contributed by atoms with E-state index in [1.807, 2.05) is 6.92 Å². The van der Waals surface area contributed by atoms with Crippen LogP contribution in [0.2, 0.25) is 0 Å². The fourth-order valence-electron chi connectivity index (χ4n) is 2.25. The van der Waals surface area contributed by atoms with Gasteiger partial charge >= 0.3 is 0 Å². The van der Waals surface area contributed by atoms with Crippen LogP contribution in [0.15, 0.2) is 18.2 Å². The van der Waals surface area contributed by atoms with Crippen molar-refractivity contribution in [1.29, 1.82) is 0 Å². The molecule has 0 spiro atoms. The molecule has 0 saturated heterocycles. The summed E-state index contributed by atoms with van der Waals surface area (Å²) < 4.78 is 0. The lowest BCUT2D eigenvalue weighted by molar-refractivity contribution is -0.384. The first-order valence-corrected chi connectivity index (χ1v) is 7.33. The molecule has 0 aromatic heterocycles. The number of carbonyl (C=O) groups excluding carboxylic acids is 1. The minimum atomic E-state index is -0.483. The van der Waals surface area contributed by atoms with Crippen LogP contribution in [0.1, 0.15) is 37.0 Å². The van der Waals surface area contributed by atoms with E-state index in [0.717, 1.165) is 19.4 Å². The van der Waals surface area contributed by atoms with Crippen molar-refractivity contribution in [1.82, 2.24) is 5.32 Å². The highest BCUT2D eigenvalue weighted by Crippen LogP contribution is 2.36. The average molecular weight is 291 g/mol. The number of benzene rings is 1. The largest absolute Gasteiger partial charge is 0.384 e. The quantitative estimate of drug-likeness (QED) is 0.597. The summed E-state index contributed by atoms with van der Waals surface area (Å²) >= 11 is 0. The molecule has 1 aliphatic rings. The normalized spacial score (nSPS) is 19.9. The van der Waals surface area contributed by atoms with Gasteiger partial charge in [0.15, 0.2) is 0 Å². The predicted molar refractivity (Wildman–Crippen MR) is 81.5 cm³/mol. The molecule has 2 unspecified atom stereocenters. The zero-order valence-corrected chi connectivity index (χ0v) is 12.4. The number of nitrogens with zero attached hydrogens (tertiary/aromatic N) is 1. The molecule has 1 amide bonds. The molecule has 6 heteroatoms. The number of carbonyl (C=O) groups is 1. The Kier molecular flexibility index (Phi) is 4.77. The molecule has 2 atom stereocenters. The van der Waals surface area contributed by atoms with E-state index in [4.69, 9.17) is 0 Å². The Morgan fingerprint density at radius 3 is 2.76 bits per heavy atom. The Bertz CT molecular complexity index is 545. The average Bonchev–Trinajstić information content (AvgIpc) is 3.18. The van der Waals surface area contributed by atoms with Crippen LogP contribution in [0, 0.1) is 22.0 Å². The van der Waals surface area contributed by atoms with Crippen LogP contribution in [-0.4, -0.2) is 23.9 Å². The zero-order chi connectivity index (χ0) is 15.4. The molecule has 0 heterocycles. The van der Waals surface area contributed by atoms with Gasteiger partial charge < -0.3 is 10.6 Å². The van der Waals surface area contributed by atoms with Crippen molar-refractivity contribution in [3.05, 3.63) is 33.9 Å². The van der Waals surface area contributed by atoms with Crippen molar-refractivity contribution >= 4 is 17.3 Å². The van der Waals surface area contributed by atoms with Crippen LogP contribution in [0.3, 0.4) is 0 Å². The van der Waals surface area contributed by atoms with Crippen LogP contribution in [0.4, 0.5) is 11.4 Å². The summed E-state index contributed by atoms with van der Waals surface area (Å²) in [5.74, 6) is 0.948. The highest BCUT2D eigenvalue weighted by Gasteiger charge is 2.32. The van der Waals surface area contributed by atoms with Gasteiger partial charge in [0.05, 0.1) is 10.5 Å². The van der Waals surface area contributed by atoms with Gasteiger partial charge in [-0.1, -0.05) is 13.8 Å². The zero-order valence-electron chi connectivity index (χ0n) is 12.4. The molecule has 0 bridgehead atoms. The van der Waals surface area contributed by atoms with Crippen LogP contribution in [-0.2, 0) is 0 Å². The lowest BCUT2D eigenvalue weighted by Gasteiger charge is -2.11. The molecule has 0 aliphatic heterocycles. The van der Waals surface area contributed by atoms with Crippen molar-refractivity contribution < 1.29 is 9.72 Å². The standard InChI is InChI=1S/C15H21N3O3/c1-3-6-16-14-5-4-12(18(20)21)8-13(14)15(19)17-9-11-7-10(11)2/h4-5,8,10-11,16H,3,6-7,9H2,1-2H3,(H,17,19). The third kappa shape index (κ3) is 3.93. The van der Waals surface area contributed by atoms with E-state index in [2.05, 4.69) is 17.6 Å². The fraction of sp³-hybridized carbons (Fsp3) is 0.533. The molecule has 21 heavy (non-hydrogen) atoms. The highest BCUT2D eigenvalue weighted by molar-refractivity contribution is 6.00. The molecule has 114 valence electrons. The van der Waals surface area contributed by atoms with E-state index < -0.39 is 4.92 Å². The predicted octanol–water partition coefficient (Wildman–Crippen LogP) is 2.80. The Morgan fingerprint density at radius 2 is 2.19 bits per heavy atom. The van der Waals surface area contributed by atoms with Gasteiger partial charge in [-0.3, -0.25) is 14.9 Å². The van der Waals surface area contributed by atoms with Gasteiger partial charge in [0.1, 0.15) is 0 Å². The van der Waals surface area contributed by atoms with E-state index >= 15 is 0 Å². The molecular weight excluding hydrogens is 270 g/mol. The summed E-state index contributed by atoms with van der Waals surface area (Å²) in [6.45, 7) is 5.53. The van der Waals surface area contributed by atoms with Crippen LogP contribution in [0.5, 0.6) is 0 Å². The van der Waals surface area contributed by atoms with Gasteiger partial charge in [0, 0.05) is 30.9 Å². The first-order chi connectivity index (χ1) is 10.0. The Hall–Kier alpha value is -2.11. The monoisotopic (exact) mass is 291 g/mol. The number of nitro groups is 1. The summed E-state index contributed by atoms with van der Waals surface area (Å²) in [6.07, 6.45) is 2.05. The molecule has 1 aromatic rings. The number of nitro benzene ring substituents is 1. The van der Waals surface area contributed by atoms with Crippen LogP contribution >= 0.6 is 0 Å². The highest BCUT2D eigenvalue weighted by atomic mass is 16.6. The number of non-ortho nitro benzene ring substituents is 1. The molecule has 1 saturated carbocycles. The van der Waals surface area contributed by atoms with Gasteiger partial charge in [0.25, 0.3) is 11.6 Å². The number of hydrogen-bond acceptors (Lipinski definition) is 4. The second-order valence-corrected chi connectivity index (χ2v) is 5.60. The molecular formula is C15H21N3O3. The Balaban J connectivity index is 2.13. The summed E-state index contributed by atoms with van der Waals surface area (Å²) in [7, 11) is 0. The molecule has 1 aliphatic carbocycles. The molecule has 0 radical (unpaired) electrons. The number of anilines is 1. The molecule has 6 nitrogen and oxygen atoms in total. The molecule has 2 rings (SSSR count). The van der Waals surface area contributed by atoms with Crippen molar-refractivity contribution in [2.75, 3.05) is 18.4 Å². The lowest BCUT2D eigenvalue weighted by atomic mass is 10.1. The van der Waals surface area contributed by atoms with E-state index in [0.29, 0.717) is 29.6 Å². The summed E-state index contributed by atoms with van der Waals surface area (Å²) in [5.41, 5.74) is 0.914. The third-order valence-corrected chi connectivity index (χ3v) is 3.82. The van der Waals surface area contributed by atoms with E-state index in [-0.39, 0.29) is 11.6 Å². The van der Waals surface area contributed by atoms with Gasteiger partial charge in [-0.05, 0) is 30.7 Å². The van der Waals surface area contributed by atoms with E-state index in [1.165, 1.54) is 12.1 Å². The maximum atomic E-state index is 12.3. The summed E-state index contributed by atoms with van der Waals surface area (Å²) in [5, 5.41) is 16.9. The SMILES string of the molecule is CCCNc1ccc([N+](=O)[O-])cc1C(=O)NCC1CC1C. The maximum absolute atomic E-state index is 12.3. The van der Waals surface area contributed by atoms with Gasteiger partial charge in [0.2, 0.25) is 0 Å². The first kappa shape index (κ1) is 15.3. The second-order valence-electron chi connectivity index (χ2n) is 5.60. The minimum Gasteiger partial charge on any atom is -0.384 e. The van der Waals surface area contributed by atoms with Crippen molar-refractivity contribution in [2.45, 2.75) is 26.7 Å². The maximum Gasteiger partial charge on any atom is 0.270 e. The Labute approximate surface area is 124 Å². The lowest BCUT2D eigenvalue weighted by Crippen LogP contribution is -2.27. The van der Waals surface area contributed by atoms with E-state index in [9.17, 15) is 14.9 Å². The van der Waals surface area contributed by atoms with Crippen molar-refractivity contribution in [3.63, 3.8) is 0 Å². The number of amides is 1. The van der Waals surface area contributed by atoms with E-state index in [1.54, 1.807) is 6.07 Å². The van der Waals surface area contributed by atoms with Crippen LogP contribution in [0.25, 0.3) is 0 Å². The summed E-state index contributed by atoms with van der Waals surface area (Å²) in [4.78, 5) is 22.7. The number of rotatable bonds is 7. The van der Waals surface area contributed by atoms with Crippen molar-refractivity contribution in [3.8, 4) is 0 Å². The van der Waals surface area contributed by atoms with Crippen molar-refractivity contribution in [2.24, 2.45) is 11.8 Å².